The summed E-state index contributed by atoms with van der Waals surface area (Å²) in [5.74, 6) is 1.67. The maximum absolute atomic E-state index is 13.3. The summed E-state index contributed by atoms with van der Waals surface area (Å²) >= 11 is 0. The Kier molecular flexibility index (Phi) is 7.93. The van der Waals surface area contributed by atoms with Crippen LogP contribution in [0.15, 0.2) is 48.5 Å². The van der Waals surface area contributed by atoms with Gasteiger partial charge in [-0.15, -0.1) is 0 Å². The number of fused-ring (bicyclic) bond motifs is 1. The molecule has 2 aromatic carbocycles. The molecule has 0 aromatic heterocycles. The molecule has 166 valence electrons. The number of aryl methyl sites for hydroxylation is 1. The van der Waals surface area contributed by atoms with Crippen LogP contribution in [0, 0.1) is 5.92 Å². The molecule has 0 bridgehead atoms. The molecule has 2 aromatic rings. The maximum atomic E-state index is 13.3. The number of carbonyl (C=O) groups is 2. The molecule has 3 rings (SSSR count). The average molecular weight is 425 g/mol. The van der Waals surface area contributed by atoms with Crippen LogP contribution in [0.1, 0.15) is 44.7 Å². The summed E-state index contributed by atoms with van der Waals surface area (Å²) in [5, 5.41) is 2.99. The lowest BCUT2D eigenvalue weighted by molar-refractivity contribution is -0.141. The van der Waals surface area contributed by atoms with E-state index in [9.17, 15) is 9.59 Å². The van der Waals surface area contributed by atoms with E-state index in [1.165, 1.54) is 0 Å². The van der Waals surface area contributed by atoms with Crippen LogP contribution in [0.3, 0.4) is 0 Å². The highest BCUT2D eigenvalue weighted by Crippen LogP contribution is 2.32. The third kappa shape index (κ3) is 6.23. The summed E-state index contributed by atoms with van der Waals surface area (Å²) in [4.78, 5) is 27.9. The first-order valence-electron chi connectivity index (χ1n) is 11.0. The Hall–Kier alpha value is -3.02. The third-order valence-electron chi connectivity index (χ3n) is 5.33. The Morgan fingerprint density at radius 3 is 2.48 bits per heavy atom. The van der Waals surface area contributed by atoms with Crippen molar-refractivity contribution in [2.75, 3.05) is 13.3 Å². The highest BCUT2D eigenvalue weighted by molar-refractivity contribution is 5.87. The number of hydrogen-bond acceptors (Lipinski definition) is 4. The van der Waals surface area contributed by atoms with Gasteiger partial charge >= 0.3 is 0 Å². The highest BCUT2D eigenvalue weighted by atomic mass is 16.7. The normalized spacial score (nSPS) is 13.2. The van der Waals surface area contributed by atoms with E-state index in [1.54, 1.807) is 4.90 Å². The number of ether oxygens (including phenoxy) is 2. The molecule has 0 saturated heterocycles. The molecule has 0 saturated carbocycles. The Labute approximate surface area is 184 Å². The first kappa shape index (κ1) is 22.7. The summed E-state index contributed by atoms with van der Waals surface area (Å²) in [6, 6.07) is 15.1. The van der Waals surface area contributed by atoms with Crippen LogP contribution in [0.5, 0.6) is 11.5 Å². The second kappa shape index (κ2) is 10.8. The van der Waals surface area contributed by atoms with Crippen LogP contribution in [0.25, 0.3) is 0 Å². The van der Waals surface area contributed by atoms with Crippen molar-refractivity contribution < 1.29 is 19.1 Å². The minimum Gasteiger partial charge on any atom is -0.454 e. The topological polar surface area (TPSA) is 67.9 Å². The first-order valence-corrected chi connectivity index (χ1v) is 11.0. The number of benzene rings is 2. The van der Waals surface area contributed by atoms with Crippen molar-refractivity contribution >= 4 is 11.8 Å². The SMILES string of the molecule is CC[C@@H](C(=O)NCC(C)C)N(Cc1ccccc1)C(=O)CCc1ccc2c(c1)OCO2. The molecule has 1 aliphatic heterocycles. The van der Waals surface area contributed by atoms with E-state index in [0.29, 0.717) is 44.0 Å². The van der Waals surface area contributed by atoms with Gasteiger partial charge in [0.25, 0.3) is 0 Å². The van der Waals surface area contributed by atoms with Gasteiger partial charge in [-0.25, -0.2) is 0 Å². The summed E-state index contributed by atoms with van der Waals surface area (Å²) in [5.41, 5.74) is 2.02. The zero-order chi connectivity index (χ0) is 22.2. The van der Waals surface area contributed by atoms with E-state index in [0.717, 1.165) is 16.9 Å². The van der Waals surface area contributed by atoms with E-state index < -0.39 is 6.04 Å². The van der Waals surface area contributed by atoms with Crippen molar-refractivity contribution in [1.29, 1.82) is 0 Å². The second-order valence-corrected chi connectivity index (χ2v) is 8.26. The number of amides is 2. The van der Waals surface area contributed by atoms with Gasteiger partial charge in [0.1, 0.15) is 6.04 Å². The van der Waals surface area contributed by atoms with E-state index in [2.05, 4.69) is 19.2 Å². The summed E-state index contributed by atoms with van der Waals surface area (Å²) < 4.78 is 10.8. The van der Waals surface area contributed by atoms with Gasteiger partial charge in [0.05, 0.1) is 0 Å². The first-order chi connectivity index (χ1) is 15.0. The molecule has 0 fully saturated rings. The van der Waals surface area contributed by atoms with Gasteiger partial charge < -0.3 is 19.7 Å². The van der Waals surface area contributed by atoms with Crippen LogP contribution in [-0.2, 0) is 22.6 Å². The van der Waals surface area contributed by atoms with Gasteiger partial charge in [0.2, 0.25) is 18.6 Å². The van der Waals surface area contributed by atoms with E-state index in [4.69, 9.17) is 9.47 Å². The van der Waals surface area contributed by atoms with Gasteiger partial charge in [-0.1, -0.05) is 57.2 Å². The van der Waals surface area contributed by atoms with Gasteiger partial charge in [0, 0.05) is 19.5 Å². The smallest absolute Gasteiger partial charge is 0.242 e. The Bertz CT molecular complexity index is 882. The molecule has 0 aliphatic carbocycles. The Morgan fingerprint density at radius 2 is 1.77 bits per heavy atom. The van der Waals surface area contributed by atoms with Gasteiger partial charge in [-0.05, 0) is 42.0 Å². The van der Waals surface area contributed by atoms with Crippen molar-refractivity contribution in [2.45, 2.75) is 52.6 Å². The fraction of sp³-hybridized carbons (Fsp3) is 0.440. The van der Waals surface area contributed by atoms with E-state index >= 15 is 0 Å². The number of rotatable bonds is 10. The summed E-state index contributed by atoms with van der Waals surface area (Å²) in [6.07, 6.45) is 1.46. The largest absolute Gasteiger partial charge is 0.454 e. The lowest BCUT2D eigenvalue weighted by Crippen LogP contribution is -2.49. The fourth-order valence-corrected chi connectivity index (χ4v) is 3.61. The van der Waals surface area contributed by atoms with Crippen molar-refractivity contribution in [1.82, 2.24) is 10.2 Å². The fourth-order valence-electron chi connectivity index (χ4n) is 3.61. The predicted octanol–water partition coefficient (Wildman–Crippen LogP) is 3.93. The third-order valence-corrected chi connectivity index (χ3v) is 5.33. The minimum absolute atomic E-state index is 0.0342. The lowest BCUT2D eigenvalue weighted by Gasteiger charge is -2.31. The number of nitrogens with zero attached hydrogens (tertiary/aromatic N) is 1. The quantitative estimate of drug-likeness (QED) is 0.628. The second-order valence-electron chi connectivity index (χ2n) is 8.26. The van der Waals surface area contributed by atoms with Gasteiger partial charge in [0.15, 0.2) is 11.5 Å². The van der Waals surface area contributed by atoms with Gasteiger partial charge in [-0.3, -0.25) is 9.59 Å². The zero-order valence-electron chi connectivity index (χ0n) is 18.6. The summed E-state index contributed by atoms with van der Waals surface area (Å²) in [6.45, 7) is 7.29. The van der Waals surface area contributed by atoms with Gasteiger partial charge in [-0.2, -0.15) is 0 Å². The molecule has 0 unspecified atom stereocenters. The highest BCUT2D eigenvalue weighted by Gasteiger charge is 2.28. The maximum Gasteiger partial charge on any atom is 0.242 e. The van der Waals surface area contributed by atoms with Crippen LogP contribution in [-0.4, -0.2) is 36.1 Å². The van der Waals surface area contributed by atoms with Crippen molar-refractivity contribution in [2.24, 2.45) is 5.92 Å². The summed E-state index contributed by atoms with van der Waals surface area (Å²) in [7, 11) is 0. The molecule has 6 nitrogen and oxygen atoms in total. The van der Waals surface area contributed by atoms with Crippen molar-refractivity contribution in [3.8, 4) is 11.5 Å². The molecule has 1 atom stereocenters. The minimum atomic E-state index is -0.497. The van der Waals surface area contributed by atoms with E-state index in [-0.39, 0.29) is 18.6 Å². The standard InChI is InChI=1S/C25H32N2O4/c1-4-21(25(29)26-15-18(2)3)27(16-20-8-6-5-7-9-20)24(28)13-11-19-10-12-22-23(14-19)31-17-30-22/h5-10,12,14,18,21H,4,11,13,15-17H2,1-3H3,(H,26,29)/t21-/m0/s1. The van der Waals surface area contributed by atoms with Crippen LogP contribution < -0.4 is 14.8 Å². The predicted molar refractivity (Wildman–Crippen MR) is 120 cm³/mol. The Morgan fingerprint density at radius 1 is 1.03 bits per heavy atom. The molecule has 1 aliphatic rings. The van der Waals surface area contributed by atoms with Crippen LogP contribution in [0.2, 0.25) is 0 Å². The lowest BCUT2D eigenvalue weighted by atomic mass is 10.1. The molecule has 1 N–H and O–H groups in total. The molecule has 1 heterocycles. The zero-order valence-corrected chi connectivity index (χ0v) is 18.6. The molecule has 0 radical (unpaired) electrons. The van der Waals surface area contributed by atoms with Crippen molar-refractivity contribution in [3.63, 3.8) is 0 Å². The van der Waals surface area contributed by atoms with Crippen LogP contribution in [0.4, 0.5) is 0 Å². The number of hydrogen-bond donors (Lipinski definition) is 1. The van der Waals surface area contributed by atoms with Crippen molar-refractivity contribution in [3.05, 3.63) is 59.7 Å². The van der Waals surface area contributed by atoms with Crippen LogP contribution >= 0.6 is 0 Å². The number of nitrogens with one attached hydrogen (secondary N) is 1. The molecular weight excluding hydrogens is 392 g/mol. The molecule has 0 spiro atoms. The van der Waals surface area contributed by atoms with E-state index in [1.807, 2.05) is 55.5 Å². The molecule has 31 heavy (non-hydrogen) atoms. The molecular formula is C25H32N2O4. The molecule has 6 heteroatoms. The monoisotopic (exact) mass is 424 g/mol. The molecule has 2 amide bonds. The Balaban J connectivity index is 1.72. The average Bonchev–Trinajstić information content (AvgIpc) is 3.24. The number of carbonyl (C=O) groups excluding carboxylic acids is 2.